The smallest absolute Gasteiger partial charge is 0.0546 e. The first kappa shape index (κ1) is 35.2. The molecule has 0 atom stereocenters. The van der Waals surface area contributed by atoms with Crippen molar-refractivity contribution >= 4 is 27.8 Å². The fraction of sp³-hybridized carbons (Fsp3) is 0.103. The molecule has 1 nitrogen and oxygen atoms in total. The van der Waals surface area contributed by atoms with E-state index in [1.165, 1.54) is 94.3 Å². The zero-order valence-electron chi connectivity index (χ0n) is 34.0. The van der Waals surface area contributed by atoms with E-state index in [2.05, 4.69) is 233 Å². The van der Waals surface area contributed by atoms with Crippen LogP contribution in [0.25, 0.3) is 66.4 Å². The zero-order valence-corrected chi connectivity index (χ0v) is 34.0. The predicted octanol–water partition coefficient (Wildman–Crippen LogP) is 15.9. The van der Waals surface area contributed by atoms with Crippen LogP contribution >= 0.6 is 0 Å². The molecule has 0 unspecified atom stereocenters. The maximum atomic E-state index is 2.52. The van der Waals surface area contributed by atoms with E-state index >= 15 is 0 Å². The molecule has 0 N–H and O–H groups in total. The van der Waals surface area contributed by atoms with Gasteiger partial charge in [0, 0.05) is 27.8 Å². The van der Waals surface area contributed by atoms with Crippen LogP contribution in [-0.4, -0.2) is 0 Å². The van der Waals surface area contributed by atoms with Crippen molar-refractivity contribution in [2.75, 3.05) is 4.90 Å². The Kier molecular flexibility index (Phi) is 7.94. The van der Waals surface area contributed by atoms with Gasteiger partial charge >= 0.3 is 0 Å². The molecule has 9 aromatic rings. The van der Waals surface area contributed by atoms with Gasteiger partial charge in [0.2, 0.25) is 0 Å². The maximum Gasteiger partial charge on any atom is 0.0546 e. The Morgan fingerprint density at radius 1 is 0.322 bits per heavy atom. The van der Waals surface area contributed by atoms with Crippen LogP contribution in [-0.2, 0) is 10.8 Å². The highest BCUT2D eigenvalue weighted by molar-refractivity contribution is 6.10. The molecule has 0 fully saturated rings. The Balaban J connectivity index is 1.13. The van der Waals surface area contributed by atoms with Gasteiger partial charge in [0.05, 0.1) is 5.69 Å². The lowest BCUT2D eigenvalue weighted by molar-refractivity contribution is 0.645. The topological polar surface area (TPSA) is 3.24 Å². The quantitative estimate of drug-likeness (QED) is 0.163. The third-order valence-electron chi connectivity index (χ3n) is 13.3. The summed E-state index contributed by atoms with van der Waals surface area (Å²) in [5.74, 6) is 0. The molecule has 1 heteroatoms. The molecule has 59 heavy (non-hydrogen) atoms. The number of fused-ring (bicyclic) bond motifs is 5. The normalized spacial score (nSPS) is 14.0. The van der Waals surface area contributed by atoms with Crippen molar-refractivity contribution in [3.05, 3.63) is 222 Å². The SMILES string of the molecule is CC1(C)c2ccccc2-c2ccc(N(c3ccc(-c4ccc(-c5ccccc5)cc4)cc3)c3ccc4cccc5c4c3-c3cc(-c4ccccc4)ccc3C5(C)C)cc21. The molecule has 0 heterocycles. The minimum absolute atomic E-state index is 0.130. The van der Waals surface area contributed by atoms with Gasteiger partial charge < -0.3 is 4.90 Å². The Bertz CT molecular complexity index is 3060. The predicted molar refractivity (Wildman–Crippen MR) is 250 cm³/mol. The highest BCUT2D eigenvalue weighted by Gasteiger charge is 2.38. The van der Waals surface area contributed by atoms with Crippen LogP contribution in [0.5, 0.6) is 0 Å². The third-order valence-corrected chi connectivity index (χ3v) is 13.3. The van der Waals surface area contributed by atoms with Crippen LogP contribution in [0.3, 0.4) is 0 Å². The minimum Gasteiger partial charge on any atom is -0.310 e. The molecular weight excluding hydrogens is 711 g/mol. The first-order valence-electron chi connectivity index (χ1n) is 20.8. The van der Waals surface area contributed by atoms with Crippen LogP contribution in [0.15, 0.2) is 200 Å². The number of nitrogens with zero attached hydrogens (tertiary/aromatic N) is 1. The second-order valence-electron chi connectivity index (χ2n) is 17.3. The molecule has 0 aliphatic heterocycles. The average Bonchev–Trinajstić information content (AvgIpc) is 3.51. The Labute approximate surface area is 347 Å². The van der Waals surface area contributed by atoms with Crippen molar-refractivity contribution in [1.82, 2.24) is 0 Å². The summed E-state index contributed by atoms with van der Waals surface area (Å²) in [6.45, 7) is 9.53. The number of hydrogen-bond donors (Lipinski definition) is 0. The zero-order chi connectivity index (χ0) is 39.9. The largest absolute Gasteiger partial charge is 0.310 e. The number of benzene rings is 9. The summed E-state index contributed by atoms with van der Waals surface area (Å²) in [6, 6.07) is 74.3. The molecule has 0 radical (unpaired) electrons. The van der Waals surface area contributed by atoms with Crippen LogP contribution in [0.2, 0.25) is 0 Å². The fourth-order valence-electron chi connectivity index (χ4n) is 10.1. The lowest BCUT2D eigenvalue weighted by atomic mass is 9.67. The van der Waals surface area contributed by atoms with E-state index in [0.717, 1.165) is 11.4 Å². The average molecular weight is 756 g/mol. The Morgan fingerprint density at radius 2 is 0.831 bits per heavy atom. The van der Waals surface area contributed by atoms with Gasteiger partial charge in [0.25, 0.3) is 0 Å². The summed E-state index contributed by atoms with van der Waals surface area (Å²) in [7, 11) is 0. The monoisotopic (exact) mass is 755 g/mol. The summed E-state index contributed by atoms with van der Waals surface area (Å²) in [6.07, 6.45) is 0. The van der Waals surface area contributed by atoms with Crippen LogP contribution in [0.4, 0.5) is 17.1 Å². The molecule has 0 amide bonds. The van der Waals surface area contributed by atoms with Gasteiger partial charge in [0.1, 0.15) is 0 Å². The van der Waals surface area contributed by atoms with E-state index in [1.807, 2.05) is 0 Å². The van der Waals surface area contributed by atoms with Gasteiger partial charge in [-0.3, -0.25) is 0 Å². The molecule has 282 valence electrons. The molecule has 11 rings (SSSR count). The fourth-order valence-corrected chi connectivity index (χ4v) is 10.1. The Morgan fingerprint density at radius 3 is 1.53 bits per heavy atom. The van der Waals surface area contributed by atoms with Crippen molar-refractivity contribution in [2.24, 2.45) is 0 Å². The van der Waals surface area contributed by atoms with Gasteiger partial charge in [0.15, 0.2) is 0 Å². The van der Waals surface area contributed by atoms with E-state index < -0.39 is 0 Å². The van der Waals surface area contributed by atoms with E-state index in [-0.39, 0.29) is 10.8 Å². The molecule has 2 aliphatic carbocycles. The lowest BCUT2D eigenvalue weighted by Gasteiger charge is -2.38. The van der Waals surface area contributed by atoms with Crippen LogP contribution < -0.4 is 4.90 Å². The minimum atomic E-state index is -0.179. The van der Waals surface area contributed by atoms with Gasteiger partial charge in [-0.05, 0) is 119 Å². The molecule has 2 aliphatic rings. The van der Waals surface area contributed by atoms with E-state index in [4.69, 9.17) is 0 Å². The van der Waals surface area contributed by atoms with Gasteiger partial charge in [-0.25, -0.2) is 0 Å². The summed E-state index contributed by atoms with van der Waals surface area (Å²) in [5, 5.41) is 2.60. The van der Waals surface area contributed by atoms with E-state index in [0.29, 0.717) is 0 Å². The van der Waals surface area contributed by atoms with Crippen molar-refractivity contribution in [2.45, 2.75) is 38.5 Å². The second kappa shape index (κ2) is 13.3. The first-order chi connectivity index (χ1) is 28.8. The van der Waals surface area contributed by atoms with Crippen LogP contribution in [0.1, 0.15) is 49.9 Å². The summed E-state index contributed by atoms with van der Waals surface area (Å²) in [4.78, 5) is 2.52. The second-order valence-corrected chi connectivity index (χ2v) is 17.3. The van der Waals surface area contributed by atoms with E-state index in [9.17, 15) is 0 Å². The molecule has 0 saturated carbocycles. The third kappa shape index (κ3) is 5.53. The van der Waals surface area contributed by atoms with Crippen molar-refractivity contribution < 1.29 is 0 Å². The van der Waals surface area contributed by atoms with Gasteiger partial charge in [-0.15, -0.1) is 0 Å². The molecule has 0 spiro atoms. The van der Waals surface area contributed by atoms with Gasteiger partial charge in [-0.2, -0.15) is 0 Å². The van der Waals surface area contributed by atoms with Crippen molar-refractivity contribution in [3.63, 3.8) is 0 Å². The van der Waals surface area contributed by atoms with E-state index in [1.54, 1.807) is 0 Å². The highest BCUT2D eigenvalue weighted by atomic mass is 15.1. The van der Waals surface area contributed by atoms with Crippen molar-refractivity contribution in [1.29, 1.82) is 0 Å². The molecular formula is C58H45N. The van der Waals surface area contributed by atoms with Crippen molar-refractivity contribution in [3.8, 4) is 55.6 Å². The molecule has 9 aromatic carbocycles. The highest BCUT2D eigenvalue weighted by Crippen LogP contribution is 2.56. The molecule has 0 aromatic heterocycles. The Hall–Kier alpha value is -6.96. The summed E-state index contributed by atoms with van der Waals surface area (Å²) in [5.41, 5.74) is 21.2. The maximum absolute atomic E-state index is 2.52. The summed E-state index contributed by atoms with van der Waals surface area (Å²) < 4.78 is 0. The first-order valence-corrected chi connectivity index (χ1v) is 20.8. The molecule has 0 saturated heterocycles. The van der Waals surface area contributed by atoms with Crippen LogP contribution in [0, 0.1) is 0 Å². The van der Waals surface area contributed by atoms with Gasteiger partial charge in [-0.1, -0.05) is 191 Å². The summed E-state index contributed by atoms with van der Waals surface area (Å²) >= 11 is 0. The number of hydrogen-bond acceptors (Lipinski definition) is 1. The number of rotatable bonds is 6. The number of anilines is 3. The molecule has 0 bridgehead atoms. The standard InChI is InChI=1S/C58H45N/c1-57(2)51-34-28-44(39-16-9-6-10-17-39)36-49(51)56-54(35-29-43-18-13-21-52(57)55(43)56)59(46-32-33-48-47-19-11-12-20-50(47)58(3,4)53(48)37-46)45-30-26-42(27-31-45)41-24-22-40(23-25-41)38-14-7-5-8-15-38/h5-37H,1-4H3. The lowest BCUT2D eigenvalue weighted by Crippen LogP contribution is -2.24.